The second-order valence-corrected chi connectivity index (χ2v) is 5.40. The van der Waals surface area contributed by atoms with Gasteiger partial charge in [-0.3, -0.25) is 4.79 Å². The molecule has 21 heavy (non-hydrogen) atoms. The van der Waals surface area contributed by atoms with Gasteiger partial charge in [0.05, 0.1) is 12.4 Å². The molecule has 1 amide bonds. The maximum absolute atomic E-state index is 12.3. The second-order valence-electron chi connectivity index (χ2n) is 5.40. The summed E-state index contributed by atoms with van der Waals surface area (Å²) in [5.74, 6) is -0.340. The molecule has 0 N–H and O–H groups in total. The molecule has 0 aliphatic carbocycles. The van der Waals surface area contributed by atoms with Gasteiger partial charge in [-0.25, -0.2) is 4.79 Å². The van der Waals surface area contributed by atoms with Crippen molar-refractivity contribution in [1.29, 1.82) is 0 Å². The number of likely N-dealkylation sites (tertiary alicyclic amines) is 1. The van der Waals surface area contributed by atoms with Crippen LogP contribution in [-0.2, 0) is 14.3 Å². The van der Waals surface area contributed by atoms with Gasteiger partial charge in [0, 0.05) is 13.2 Å². The van der Waals surface area contributed by atoms with Crippen LogP contribution < -0.4 is 0 Å². The van der Waals surface area contributed by atoms with Gasteiger partial charge in [-0.1, -0.05) is 0 Å². The summed E-state index contributed by atoms with van der Waals surface area (Å²) in [5, 5.41) is 0. The van der Waals surface area contributed by atoms with Crippen molar-refractivity contribution < 1.29 is 23.5 Å². The second kappa shape index (κ2) is 6.30. The first kappa shape index (κ1) is 14.1. The molecule has 0 saturated carbocycles. The van der Waals surface area contributed by atoms with Gasteiger partial charge >= 0.3 is 5.97 Å². The molecule has 6 heteroatoms. The number of ether oxygens (including phenoxy) is 2. The van der Waals surface area contributed by atoms with Gasteiger partial charge in [-0.15, -0.1) is 0 Å². The fraction of sp³-hybridized carbons (Fsp3) is 0.600. The Morgan fingerprint density at radius 2 is 2.24 bits per heavy atom. The molecular weight excluding hydrogens is 274 g/mol. The molecule has 2 atom stereocenters. The molecule has 2 aliphatic rings. The van der Waals surface area contributed by atoms with Gasteiger partial charge < -0.3 is 18.8 Å². The maximum Gasteiger partial charge on any atom is 0.328 e. The Kier molecular flexibility index (Phi) is 4.24. The predicted molar refractivity (Wildman–Crippen MR) is 72.7 cm³/mol. The zero-order valence-corrected chi connectivity index (χ0v) is 11.8. The number of esters is 1. The fourth-order valence-electron chi connectivity index (χ4n) is 2.84. The van der Waals surface area contributed by atoms with Crippen molar-refractivity contribution in [2.75, 3.05) is 19.8 Å². The minimum atomic E-state index is -0.510. The van der Waals surface area contributed by atoms with E-state index in [9.17, 15) is 9.59 Å². The highest BCUT2D eigenvalue weighted by molar-refractivity contribution is 5.94. The molecule has 0 radical (unpaired) electrons. The number of rotatable bonds is 4. The minimum absolute atomic E-state index is 0.00424. The van der Waals surface area contributed by atoms with Gasteiger partial charge in [0.15, 0.2) is 5.76 Å². The molecule has 114 valence electrons. The molecule has 0 bridgehead atoms. The molecule has 1 aromatic rings. The summed E-state index contributed by atoms with van der Waals surface area (Å²) in [6.45, 7) is 1.56. The average Bonchev–Trinajstić information content (AvgIpc) is 3.26. The molecule has 2 saturated heterocycles. The monoisotopic (exact) mass is 293 g/mol. The van der Waals surface area contributed by atoms with E-state index in [0.717, 1.165) is 25.9 Å². The zero-order chi connectivity index (χ0) is 14.7. The van der Waals surface area contributed by atoms with E-state index in [1.165, 1.54) is 11.2 Å². The van der Waals surface area contributed by atoms with E-state index in [1.807, 2.05) is 0 Å². The summed E-state index contributed by atoms with van der Waals surface area (Å²) in [7, 11) is 0. The molecule has 3 heterocycles. The van der Waals surface area contributed by atoms with Crippen LogP contribution in [0, 0.1) is 0 Å². The third-order valence-electron chi connectivity index (χ3n) is 3.95. The molecule has 0 spiro atoms. The van der Waals surface area contributed by atoms with Crippen LogP contribution in [0.3, 0.4) is 0 Å². The summed E-state index contributed by atoms with van der Waals surface area (Å²) in [6, 6.07) is 2.76. The lowest BCUT2D eigenvalue weighted by Gasteiger charge is -2.22. The zero-order valence-electron chi connectivity index (χ0n) is 11.8. The van der Waals surface area contributed by atoms with Crippen molar-refractivity contribution in [1.82, 2.24) is 4.90 Å². The van der Waals surface area contributed by atoms with Crippen LogP contribution in [0.15, 0.2) is 22.8 Å². The Bertz CT molecular complexity index is 492. The van der Waals surface area contributed by atoms with E-state index < -0.39 is 6.04 Å². The quantitative estimate of drug-likeness (QED) is 0.789. The standard InChI is InChI=1S/C15H19NO5/c17-14(13-6-3-9-20-13)16-7-1-5-12(16)15(18)21-10-11-4-2-8-19-11/h3,6,9,11-12H,1-2,4-5,7-8,10H2/t11-,12-/m1/s1. The van der Waals surface area contributed by atoms with Gasteiger partial charge in [0.1, 0.15) is 12.6 Å². The largest absolute Gasteiger partial charge is 0.461 e. The number of carbonyl (C=O) groups is 2. The van der Waals surface area contributed by atoms with Gasteiger partial charge in [-0.2, -0.15) is 0 Å². The Labute approximate surface area is 123 Å². The number of nitrogens with zero attached hydrogens (tertiary/aromatic N) is 1. The van der Waals surface area contributed by atoms with Crippen molar-refractivity contribution in [3.8, 4) is 0 Å². The molecule has 3 rings (SSSR count). The lowest BCUT2D eigenvalue weighted by molar-refractivity contribution is -0.151. The van der Waals surface area contributed by atoms with Gasteiger partial charge in [0.2, 0.25) is 0 Å². The summed E-state index contributed by atoms with van der Waals surface area (Å²) < 4.78 is 15.9. The van der Waals surface area contributed by atoms with Crippen LogP contribution in [0.5, 0.6) is 0 Å². The maximum atomic E-state index is 12.3. The van der Waals surface area contributed by atoms with Crippen molar-refractivity contribution in [2.45, 2.75) is 37.8 Å². The molecule has 2 fully saturated rings. The van der Waals surface area contributed by atoms with E-state index in [1.54, 1.807) is 12.1 Å². The van der Waals surface area contributed by atoms with E-state index in [0.29, 0.717) is 13.0 Å². The Morgan fingerprint density at radius 3 is 2.95 bits per heavy atom. The first-order chi connectivity index (χ1) is 10.3. The van der Waals surface area contributed by atoms with E-state index in [2.05, 4.69) is 0 Å². The van der Waals surface area contributed by atoms with Crippen LogP contribution >= 0.6 is 0 Å². The lowest BCUT2D eigenvalue weighted by atomic mass is 10.2. The van der Waals surface area contributed by atoms with Crippen LogP contribution in [0.1, 0.15) is 36.2 Å². The van der Waals surface area contributed by atoms with Gasteiger partial charge in [0.25, 0.3) is 5.91 Å². The molecule has 2 aliphatic heterocycles. The highest BCUT2D eigenvalue weighted by Crippen LogP contribution is 2.22. The summed E-state index contributed by atoms with van der Waals surface area (Å²) in [5.41, 5.74) is 0. The summed E-state index contributed by atoms with van der Waals surface area (Å²) in [6.07, 6.45) is 4.82. The Balaban J connectivity index is 1.58. The smallest absolute Gasteiger partial charge is 0.328 e. The van der Waals surface area contributed by atoms with Crippen molar-refractivity contribution >= 4 is 11.9 Å². The van der Waals surface area contributed by atoms with E-state index in [-0.39, 0.29) is 30.3 Å². The van der Waals surface area contributed by atoms with Crippen molar-refractivity contribution in [2.24, 2.45) is 0 Å². The van der Waals surface area contributed by atoms with Crippen LogP contribution in [0.2, 0.25) is 0 Å². The van der Waals surface area contributed by atoms with Gasteiger partial charge in [-0.05, 0) is 37.8 Å². The SMILES string of the molecule is O=C(OC[C@H]1CCCO1)[C@H]1CCCN1C(=O)c1ccco1. The lowest BCUT2D eigenvalue weighted by Crippen LogP contribution is -2.41. The van der Waals surface area contributed by atoms with E-state index >= 15 is 0 Å². The fourth-order valence-corrected chi connectivity index (χ4v) is 2.84. The van der Waals surface area contributed by atoms with Crippen LogP contribution in [0.25, 0.3) is 0 Å². The highest BCUT2D eigenvalue weighted by Gasteiger charge is 2.37. The van der Waals surface area contributed by atoms with Crippen molar-refractivity contribution in [3.63, 3.8) is 0 Å². The van der Waals surface area contributed by atoms with Crippen molar-refractivity contribution in [3.05, 3.63) is 24.2 Å². The van der Waals surface area contributed by atoms with Crippen LogP contribution in [0.4, 0.5) is 0 Å². The Morgan fingerprint density at radius 1 is 1.33 bits per heavy atom. The number of hydrogen-bond donors (Lipinski definition) is 0. The molecule has 0 unspecified atom stereocenters. The topological polar surface area (TPSA) is 69.0 Å². The molecule has 0 aromatic carbocycles. The predicted octanol–water partition coefficient (Wildman–Crippen LogP) is 1.61. The number of hydrogen-bond acceptors (Lipinski definition) is 5. The Hall–Kier alpha value is -1.82. The molecule has 1 aromatic heterocycles. The number of amides is 1. The summed E-state index contributed by atoms with van der Waals surface area (Å²) in [4.78, 5) is 26.0. The molecular formula is C15H19NO5. The third-order valence-corrected chi connectivity index (χ3v) is 3.95. The first-order valence-corrected chi connectivity index (χ1v) is 7.38. The summed E-state index contributed by atoms with van der Waals surface area (Å²) >= 11 is 0. The number of carbonyl (C=O) groups excluding carboxylic acids is 2. The average molecular weight is 293 g/mol. The minimum Gasteiger partial charge on any atom is -0.461 e. The highest BCUT2D eigenvalue weighted by atomic mass is 16.6. The van der Waals surface area contributed by atoms with Crippen LogP contribution in [-0.4, -0.2) is 48.7 Å². The normalized spacial score (nSPS) is 25.2. The third kappa shape index (κ3) is 3.10. The van der Waals surface area contributed by atoms with E-state index in [4.69, 9.17) is 13.9 Å². The molecule has 6 nitrogen and oxygen atoms in total. The number of furan rings is 1. The first-order valence-electron chi connectivity index (χ1n) is 7.38.